The van der Waals surface area contributed by atoms with Crippen molar-refractivity contribution in [3.8, 4) is 0 Å². The molecule has 0 saturated carbocycles. The molecule has 6 aromatic rings. The molecule has 6 aromatic carbocycles. The molecular formula is C44H42NiP2. The minimum absolute atomic E-state index is 0. The Morgan fingerprint density at radius 2 is 0.383 bits per heavy atom. The maximum atomic E-state index is 2.27. The first-order chi connectivity index (χ1) is 22.9. The zero-order valence-electron chi connectivity index (χ0n) is 26.7. The molecule has 0 bridgehead atoms. The van der Waals surface area contributed by atoms with Crippen molar-refractivity contribution >= 4 is 47.7 Å². The molecular weight excluding hydrogens is 649 g/mol. The standard InChI is InChI=1S/2C18H15P.C8H12.Ni/c2*1-4-10-16(11-5-1)19(17-12-6-2-7-13-17)18-14-8-3-9-15-18;1-2-4-6-8-7-5-3-1;/h2*1-15H;1-2,7-8H,3-6H2;. The van der Waals surface area contributed by atoms with Gasteiger partial charge >= 0.3 is 0 Å². The molecule has 0 heterocycles. The number of hydrogen-bond acceptors (Lipinski definition) is 0. The van der Waals surface area contributed by atoms with Gasteiger partial charge in [0.05, 0.1) is 0 Å². The van der Waals surface area contributed by atoms with E-state index in [1.54, 1.807) is 0 Å². The van der Waals surface area contributed by atoms with E-state index in [9.17, 15) is 0 Å². The van der Waals surface area contributed by atoms with E-state index in [0.29, 0.717) is 0 Å². The van der Waals surface area contributed by atoms with E-state index in [0.717, 1.165) is 0 Å². The van der Waals surface area contributed by atoms with Gasteiger partial charge in [0.2, 0.25) is 0 Å². The van der Waals surface area contributed by atoms with Gasteiger partial charge < -0.3 is 0 Å². The van der Waals surface area contributed by atoms with Crippen LogP contribution in [0.3, 0.4) is 0 Å². The van der Waals surface area contributed by atoms with Crippen LogP contribution in [0.5, 0.6) is 0 Å². The quantitative estimate of drug-likeness (QED) is 0.0928. The van der Waals surface area contributed by atoms with Crippen molar-refractivity contribution in [3.63, 3.8) is 0 Å². The molecule has 1 aliphatic rings. The summed E-state index contributed by atoms with van der Waals surface area (Å²) in [5.41, 5.74) is 0. The Kier molecular flexibility index (Phi) is 16.2. The summed E-state index contributed by atoms with van der Waals surface area (Å²) in [4.78, 5) is 0. The number of hydrogen-bond donors (Lipinski definition) is 0. The van der Waals surface area contributed by atoms with Crippen molar-refractivity contribution in [2.75, 3.05) is 0 Å². The molecule has 0 N–H and O–H groups in total. The summed E-state index contributed by atoms with van der Waals surface area (Å²) in [7, 11) is -0.892. The second kappa shape index (κ2) is 21.1. The molecule has 0 radical (unpaired) electrons. The van der Waals surface area contributed by atoms with Crippen molar-refractivity contribution in [2.45, 2.75) is 25.7 Å². The average Bonchev–Trinajstić information content (AvgIpc) is 3.12. The van der Waals surface area contributed by atoms with Crippen LogP contribution in [-0.4, -0.2) is 0 Å². The number of rotatable bonds is 6. The fourth-order valence-electron chi connectivity index (χ4n) is 5.21. The van der Waals surface area contributed by atoms with Crippen LogP contribution in [0.25, 0.3) is 0 Å². The van der Waals surface area contributed by atoms with Crippen LogP contribution in [0.1, 0.15) is 25.7 Å². The summed E-state index contributed by atoms with van der Waals surface area (Å²) >= 11 is 0. The molecule has 0 nitrogen and oxygen atoms in total. The molecule has 0 amide bonds. The van der Waals surface area contributed by atoms with Gasteiger partial charge in [-0.1, -0.05) is 206 Å². The van der Waals surface area contributed by atoms with E-state index in [-0.39, 0.29) is 16.5 Å². The minimum atomic E-state index is -0.446. The summed E-state index contributed by atoms with van der Waals surface area (Å²) in [6, 6.07) is 64.7. The normalized spacial score (nSPS) is 12.0. The van der Waals surface area contributed by atoms with Gasteiger partial charge in [0.1, 0.15) is 0 Å². The van der Waals surface area contributed by atoms with Gasteiger partial charge in [-0.2, -0.15) is 0 Å². The second-order valence-corrected chi connectivity index (χ2v) is 15.2. The third-order valence-electron chi connectivity index (χ3n) is 7.42. The third-order valence-corrected chi connectivity index (χ3v) is 12.3. The van der Waals surface area contributed by atoms with Crippen LogP contribution in [0.2, 0.25) is 0 Å². The van der Waals surface area contributed by atoms with Gasteiger partial charge in [-0.3, -0.25) is 0 Å². The summed E-state index contributed by atoms with van der Waals surface area (Å²) in [6.45, 7) is 0. The van der Waals surface area contributed by atoms with Crippen LogP contribution in [-0.2, 0) is 16.5 Å². The monoisotopic (exact) mass is 690 g/mol. The van der Waals surface area contributed by atoms with Crippen molar-refractivity contribution in [3.05, 3.63) is 206 Å². The van der Waals surface area contributed by atoms with Gasteiger partial charge in [0, 0.05) is 16.5 Å². The van der Waals surface area contributed by atoms with Crippen LogP contribution < -0.4 is 31.8 Å². The van der Waals surface area contributed by atoms with Crippen molar-refractivity contribution in [1.29, 1.82) is 0 Å². The Hall–Kier alpha value is -3.85. The molecule has 7 rings (SSSR count). The molecule has 0 saturated heterocycles. The van der Waals surface area contributed by atoms with Crippen LogP contribution in [0.4, 0.5) is 0 Å². The average molecular weight is 691 g/mol. The largest absolute Gasteiger partial charge is 0.0882 e. The molecule has 47 heavy (non-hydrogen) atoms. The first-order valence-electron chi connectivity index (χ1n) is 16.1. The molecule has 3 heteroatoms. The second-order valence-electron chi connectivity index (χ2n) is 10.8. The Morgan fingerprint density at radius 1 is 0.234 bits per heavy atom. The number of allylic oxidation sites excluding steroid dienone is 4. The summed E-state index contributed by atoms with van der Waals surface area (Å²) in [6.07, 6.45) is 14.0. The first-order valence-corrected chi connectivity index (χ1v) is 18.8. The van der Waals surface area contributed by atoms with Gasteiger partial charge in [-0.15, -0.1) is 0 Å². The Bertz CT molecular complexity index is 1380. The maximum absolute atomic E-state index is 2.27. The smallest absolute Gasteiger partial charge is 0 e. The zero-order valence-corrected chi connectivity index (χ0v) is 29.4. The fourth-order valence-corrected chi connectivity index (χ4v) is 9.82. The molecule has 0 fully saturated rings. The maximum Gasteiger partial charge on any atom is 0 e. The van der Waals surface area contributed by atoms with E-state index in [1.165, 1.54) is 57.5 Å². The SMILES string of the molecule is C1=CCCC=CCC1.[Ni].c1ccc(P(c2ccccc2)c2ccccc2)cc1.c1ccc(P(c2ccccc2)c2ccccc2)cc1. The van der Waals surface area contributed by atoms with E-state index in [2.05, 4.69) is 206 Å². The van der Waals surface area contributed by atoms with E-state index >= 15 is 0 Å². The van der Waals surface area contributed by atoms with E-state index < -0.39 is 15.8 Å². The van der Waals surface area contributed by atoms with Gasteiger partial charge in [-0.05, 0) is 73.4 Å². The fraction of sp³-hybridized carbons (Fsp3) is 0.0909. The Morgan fingerprint density at radius 3 is 0.532 bits per heavy atom. The van der Waals surface area contributed by atoms with Gasteiger partial charge in [-0.25, -0.2) is 0 Å². The molecule has 0 aromatic heterocycles. The molecule has 0 aliphatic heterocycles. The third kappa shape index (κ3) is 11.7. The molecule has 238 valence electrons. The minimum Gasteiger partial charge on any atom is -0.0882 e. The summed E-state index contributed by atoms with van der Waals surface area (Å²) < 4.78 is 0. The van der Waals surface area contributed by atoms with Crippen LogP contribution >= 0.6 is 15.8 Å². The predicted molar refractivity (Wildman–Crippen MR) is 207 cm³/mol. The first kappa shape index (κ1) is 36.0. The topological polar surface area (TPSA) is 0 Å². The van der Waals surface area contributed by atoms with Gasteiger partial charge in [0.15, 0.2) is 0 Å². The Labute approximate surface area is 294 Å². The molecule has 0 unspecified atom stereocenters. The molecule has 0 atom stereocenters. The summed E-state index contributed by atoms with van der Waals surface area (Å²) in [5.74, 6) is 0. The number of benzene rings is 6. The van der Waals surface area contributed by atoms with Crippen LogP contribution in [0, 0.1) is 0 Å². The molecule has 0 spiro atoms. The predicted octanol–water partition coefficient (Wildman–Crippen LogP) is 9.56. The molecule has 1 aliphatic carbocycles. The van der Waals surface area contributed by atoms with Crippen molar-refractivity contribution in [2.24, 2.45) is 0 Å². The van der Waals surface area contributed by atoms with Gasteiger partial charge in [0.25, 0.3) is 0 Å². The summed E-state index contributed by atoms with van der Waals surface area (Å²) in [5, 5.41) is 8.39. The zero-order chi connectivity index (χ0) is 31.5. The van der Waals surface area contributed by atoms with Crippen molar-refractivity contribution in [1.82, 2.24) is 0 Å². The van der Waals surface area contributed by atoms with E-state index in [4.69, 9.17) is 0 Å². The van der Waals surface area contributed by atoms with E-state index in [1.807, 2.05) is 0 Å². The van der Waals surface area contributed by atoms with Crippen molar-refractivity contribution < 1.29 is 16.5 Å². The van der Waals surface area contributed by atoms with Crippen LogP contribution in [0.15, 0.2) is 206 Å². The Balaban J connectivity index is 0.000000171.